The van der Waals surface area contributed by atoms with Crippen LogP contribution in [-0.2, 0) is 12.0 Å². The molecule has 9 heteroatoms. The summed E-state index contributed by atoms with van der Waals surface area (Å²) < 4.78 is 2.56. The summed E-state index contributed by atoms with van der Waals surface area (Å²) in [6, 6.07) is 7.83. The van der Waals surface area contributed by atoms with Crippen LogP contribution in [0.2, 0.25) is 0 Å². The van der Waals surface area contributed by atoms with E-state index in [0.29, 0.717) is 22.0 Å². The summed E-state index contributed by atoms with van der Waals surface area (Å²) >= 11 is 1.33. The largest absolute Gasteiger partial charge is 0.333 e. The molecule has 0 spiro atoms. The first kappa shape index (κ1) is 24.9. The zero-order valence-electron chi connectivity index (χ0n) is 21.7. The van der Waals surface area contributed by atoms with Crippen molar-refractivity contribution in [3.8, 4) is 0 Å². The van der Waals surface area contributed by atoms with E-state index in [1.807, 2.05) is 54.6 Å². The van der Waals surface area contributed by atoms with Gasteiger partial charge in [0.1, 0.15) is 4.70 Å². The van der Waals surface area contributed by atoms with Crippen LogP contribution in [-0.4, -0.2) is 68.6 Å². The molecule has 2 fully saturated rings. The number of anilines is 1. The van der Waals surface area contributed by atoms with E-state index >= 15 is 0 Å². The predicted octanol–water partition coefficient (Wildman–Crippen LogP) is 4.76. The summed E-state index contributed by atoms with van der Waals surface area (Å²) in [5, 5.41) is 8.19. The molecule has 0 aliphatic carbocycles. The Morgan fingerprint density at radius 3 is 2.47 bits per heavy atom. The van der Waals surface area contributed by atoms with Crippen molar-refractivity contribution in [3.05, 3.63) is 41.1 Å². The molecule has 0 radical (unpaired) electrons. The van der Waals surface area contributed by atoms with Crippen molar-refractivity contribution in [1.29, 1.82) is 0 Å². The highest BCUT2D eigenvalue weighted by Gasteiger charge is 2.35. The second-order valence-electron chi connectivity index (χ2n) is 10.9. The summed E-state index contributed by atoms with van der Waals surface area (Å²) in [5.41, 5.74) is 2.50. The van der Waals surface area contributed by atoms with Crippen molar-refractivity contribution in [3.63, 3.8) is 0 Å². The van der Waals surface area contributed by atoms with E-state index in [9.17, 15) is 9.59 Å². The second-order valence-corrected chi connectivity index (χ2v) is 11.9. The van der Waals surface area contributed by atoms with E-state index in [-0.39, 0.29) is 23.4 Å². The van der Waals surface area contributed by atoms with Crippen molar-refractivity contribution in [2.45, 2.75) is 71.4 Å². The maximum atomic E-state index is 13.8. The number of nitrogens with zero attached hydrogens (tertiary/aromatic N) is 5. The van der Waals surface area contributed by atoms with Crippen LogP contribution in [0, 0.1) is 0 Å². The van der Waals surface area contributed by atoms with Gasteiger partial charge in [-0.1, -0.05) is 30.4 Å². The normalized spacial score (nSPS) is 18.9. The predicted molar refractivity (Wildman–Crippen MR) is 144 cm³/mol. The number of aromatic nitrogens is 3. The number of carbonyl (C=O) groups excluding carboxylic acids is 2. The molecule has 4 heterocycles. The van der Waals surface area contributed by atoms with E-state index in [1.165, 1.54) is 29.7 Å². The number of rotatable bonds is 6. The Kier molecular flexibility index (Phi) is 6.87. The molecule has 2 amide bonds. The third-order valence-electron chi connectivity index (χ3n) is 7.21. The number of aryl methyl sites for hydroxylation is 1. The third kappa shape index (κ3) is 4.91. The second kappa shape index (κ2) is 9.94. The zero-order chi connectivity index (χ0) is 25.4. The van der Waals surface area contributed by atoms with Crippen LogP contribution in [0.1, 0.15) is 79.8 Å². The average molecular weight is 509 g/mol. The minimum absolute atomic E-state index is 0.0265. The number of hydrogen-bond acceptors (Lipinski definition) is 6. The number of carbonyl (C=O) groups is 2. The molecule has 0 bridgehead atoms. The van der Waals surface area contributed by atoms with Crippen LogP contribution < -0.4 is 5.32 Å². The van der Waals surface area contributed by atoms with Crippen LogP contribution in [0.25, 0.3) is 10.3 Å². The Morgan fingerprint density at radius 1 is 1.08 bits per heavy atom. The van der Waals surface area contributed by atoms with Crippen LogP contribution in [0.3, 0.4) is 0 Å². The number of nitrogens with one attached hydrogen (secondary N) is 1. The van der Waals surface area contributed by atoms with E-state index < -0.39 is 0 Å². The van der Waals surface area contributed by atoms with Crippen molar-refractivity contribution >= 4 is 38.6 Å². The van der Waals surface area contributed by atoms with Crippen molar-refractivity contribution < 1.29 is 9.59 Å². The number of hydrogen-bond donors (Lipinski definition) is 1. The Hall–Kier alpha value is -2.78. The summed E-state index contributed by atoms with van der Waals surface area (Å²) in [5.74, 6) is -0.233. The fraction of sp³-hybridized carbons (Fsp3) is 0.556. The molecule has 1 N–H and O–H groups in total. The first-order valence-corrected chi connectivity index (χ1v) is 13.9. The summed E-state index contributed by atoms with van der Waals surface area (Å²) in [6.07, 6.45) is 5.47. The van der Waals surface area contributed by atoms with Crippen LogP contribution in [0.15, 0.2) is 24.3 Å². The van der Waals surface area contributed by atoms with Crippen molar-refractivity contribution in [2.24, 2.45) is 0 Å². The lowest BCUT2D eigenvalue weighted by atomic mass is 10.1. The smallest absolute Gasteiger partial charge is 0.276 e. The highest BCUT2D eigenvalue weighted by molar-refractivity contribution is 7.22. The molecule has 3 aromatic rings. The Balaban J connectivity index is 1.43. The number of fused-ring (bicyclic) bond motifs is 1. The summed E-state index contributed by atoms with van der Waals surface area (Å²) in [4.78, 5) is 35.9. The number of likely N-dealkylation sites (tertiary alicyclic amines) is 2. The fourth-order valence-electron chi connectivity index (χ4n) is 5.22. The van der Waals surface area contributed by atoms with Crippen LogP contribution in [0.5, 0.6) is 0 Å². The van der Waals surface area contributed by atoms with Gasteiger partial charge < -0.3 is 9.80 Å². The SMILES string of the molecule is CCc1ccc(C(=O)Nc2nc3c(s2)c(C(=O)N2CCC[C@H]2CN2CCCC2)nn3C(C)(C)C)cc1. The molecule has 0 saturated carbocycles. The van der Waals surface area contributed by atoms with Gasteiger partial charge in [0.05, 0.1) is 5.54 Å². The lowest BCUT2D eigenvalue weighted by molar-refractivity contribution is 0.0703. The van der Waals surface area contributed by atoms with Gasteiger partial charge in [-0.2, -0.15) is 10.1 Å². The molecule has 5 rings (SSSR count). The molecular formula is C27H36N6O2S. The number of benzene rings is 1. The Morgan fingerprint density at radius 2 is 1.81 bits per heavy atom. The molecule has 36 heavy (non-hydrogen) atoms. The maximum absolute atomic E-state index is 13.8. The van der Waals surface area contributed by atoms with Gasteiger partial charge in [-0.25, -0.2) is 4.68 Å². The summed E-state index contributed by atoms with van der Waals surface area (Å²) in [6.45, 7) is 12.2. The highest BCUT2D eigenvalue weighted by atomic mass is 32.1. The number of thiazole rings is 1. The summed E-state index contributed by atoms with van der Waals surface area (Å²) in [7, 11) is 0. The standard InChI is InChI=1S/C27H36N6O2S/c1-5-18-10-12-19(13-11-18)24(34)29-26-28-23-22(36-26)21(30-33(23)27(2,3)4)25(35)32-16-8-9-20(32)17-31-14-6-7-15-31/h10-13,20H,5-9,14-17H2,1-4H3,(H,28,29,34)/t20-/m0/s1. The van der Waals surface area contributed by atoms with Crippen LogP contribution >= 0.6 is 11.3 Å². The molecule has 0 unspecified atom stereocenters. The maximum Gasteiger partial charge on any atom is 0.276 e. The number of amides is 2. The molecule has 1 aromatic carbocycles. The monoisotopic (exact) mass is 508 g/mol. The van der Waals surface area contributed by atoms with Crippen molar-refractivity contribution in [1.82, 2.24) is 24.6 Å². The van der Waals surface area contributed by atoms with Gasteiger partial charge in [-0.3, -0.25) is 14.9 Å². The van der Waals surface area contributed by atoms with E-state index in [1.54, 1.807) is 0 Å². The van der Waals surface area contributed by atoms with Gasteiger partial charge in [0.25, 0.3) is 11.8 Å². The minimum Gasteiger partial charge on any atom is -0.333 e. The fourth-order valence-corrected chi connectivity index (χ4v) is 6.13. The first-order valence-electron chi connectivity index (χ1n) is 13.1. The molecule has 1 atom stereocenters. The molecule has 2 aromatic heterocycles. The van der Waals surface area contributed by atoms with E-state index in [4.69, 9.17) is 10.1 Å². The third-order valence-corrected chi connectivity index (χ3v) is 8.18. The topological polar surface area (TPSA) is 83.4 Å². The highest BCUT2D eigenvalue weighted by Crippen LogP contribution is 2.34. The molecule has 8 nitrogen and oxygen atoms in total. The molecule has 192 valence electrons. The lowest BCUT2D eigenvalue weighted by Gasteiger charge is -2.28. The van der Waals surface area contributed by atoms with E-state index in [0.717, 1.165) is 50.1 Å². The van der Waals surface area contributed by atoms with Crippen molar-refractivity contribution in [2.75, 3.05) is 31.5 Å². The quantitative estimate of drug-likeness (QED) is 0.519. The van der Waals surface area contributed by atoms with Gasteiger partial charge in [0.15, 0.2) is 16.5 Å². The molecule has 2 aliphatic heterocycles. The molecule has 2 aliphatic rings. The lowest BCUT2D eigenvalue weighted by Crippen LogP contribution is -2.42. The van der Waals surface area contributed by atoms with Gasteiger partial charge in [-0.05, 0) is 83.7 Å². The van der Waals surface area contributed by atoms with Gasteiger partial charge in [0, 0.05) is 24.7 Å². The zero-order valence-corrected chi connectivity index (χ0v) is 22.5. The molecule has 2 saturated heterocycles. The van der Waals surface area contributed by atoms with Gasteiger partial charge in [0.2, 0.25) is 0 Å². The Bertz CT molecular complexity index is 1250. The van der Waals surface area contributed by atoms with Gasteiger partial charge in [-0.15, -0.1) is 0 Å². The Labute approximate surface area is 216 Å². The van der Waals surface area contributed by atoms with E-state index in [2.05, 4.69) is 17.1 Å². The molecular weight excluding hydrogens is 472 g/mol. The van der Waals surface area contributed by atoms with Gasteiger partial charge >= 0.3 is 0 Å². The first-order chi connectivity index (χ1) is 17.2. The average Bonchev–Trinajstić information content (AvgIpc) is 3.63. The minimum atomic E-state index is -0.359. The van der Waals surface area contributed by atoms with Crippen LogP contribution in [0.4, 0.5) is 5.13 Å².